The molecule has 2 rings (SSSR count). The van der Waals surface area contributed by atoms with E-state index < -0.39 is 0 Å². The summed E-state index contributed by atoms with van der Waals surface area (Å²) in [4.78, 5) is 2.10. The van der Waals surface area contributed by atoms with Gasteiger partial charge in [0.1, 0.15) is 0 Å². The van der Waals surface area contributed by atoms with Gasteiger partial charge in [-0.3, -0.25) is 0 Å². The third kappa shape index (κ3) is 3.25. The molecule has 0 radical (unpaired) electrons. The lowest BCUT2D eigenvalue weighted by molar-refractivity contribution is 1.12. The van der Waals surface area contributed by atoms with Crippen LogP contribution in [0.5, 0.6) is 0 Å². The van der Waals surface area contributed by atoms with Crippen molar-refractivity contribution in [2.45, 2.75) is 6.54 Å². The van der Waals surface area contributed by atoms with Crippen LogP contribution in [0, 0.1) is 0 Å². The van der Waals surface area contributed by atoms with Gasteiger partial charge in [0.2, 0.25) is 0 Å². The van der Waals surface area contributed by atoms with Crippen LogP contribution in [0.4, 0.5) is 11.4 Å². The van der Waals surface area contributed by atoms with Crippen LogP contribution < -0.4 is 10.2 Å². The van der Waals surface area contributed by atoms with Gasteiger partial charge in [-0.05, 0) is 29.8 Å². The van der Waals surface area contributed by atoms with E-state index in [-0.39, 0.29) is 0 Å². The van der Waals surface area contributed by atoms with Crippen molar-refractivity contribution in [2.75, 3.05) is 24.3 Å². The summed E-state index contributed by atoms with van der Waals surface area (Å²) in [5.41, 5.74) is 3.67. The quantitative estimate of drug-likeness (QED) is 0.860. The van der Waals surface area contributed by atoms with Crippen LogP contribution in [-0.4, -0.2) is 14.1 Å². The minimum atomic E-state index is 0.863. The molecule has 0 unspecified atom stereocenters. The Kier molecular flexibility index (Phi) is 3.66. The standard InChI is InChI=1S/C15H18N2/c1-17(2)15-10-8-14(9-11-15)16-12-13-6-4-3-5-7-13/h3-11,16H,12H2,1-2H3. The molecule has 2 aromatic rings. The maximum atomic E-state index is 3.41. The van der Waals surface area contributed by atoms with Crippen molar-refractivity contribution in [3.05, 3.63) is 60.2 Å². The van der Waals surface area contributed by atoms with Crippen molar-refractivity contribution < 1.29 is 0 Å². The van der Waals surface area contributed by atoms with Gasteiger partial charge in [0.05, 0.1) is 0 Å². The summed E-state index contributed by atoms with van der Waals surface area (Å²) in [6, 6.07) is 18.9. The second kappa shape index (κ2) is 5.39. The zero-order valence-electron chi connectivity index (χ0n) is 10.4. The molecule has 2 aromatic carbocycles. The first-order valence-electron chi connectivity index (χ1n) is 5.81. The molecule has 0 fully saturated rings. The molecule has 0 atom stereocenters. The largest absolute Gasteiger partial charge is 0.381 e. The van der Waals surface area contributed by atoms with E-state index in [1.807, 2.05) is 20.2 Å². The van der Waals surface area contributed by atoms with Gasteiger partial charge in [-0.2, -0.15) is 0 Å². The number of nitrogens with zero attached hydrogens (tertiary/aromatic N) is 1. The van der Waals surface area contributed by atoms with Crippen molar-refractivity contribution in [1.29, 1.82) is 0 Å². The molecule has 0 aliphatic carbocycles. The Bertz CT molecular complexity index is 446. The zero-order valence-corrected chi connectivity index (χ0v) is 10.4. The van der Waals surface area contributed by atoms with Crippen LogP contribution in [0.25, 0.3) is 0 Å². The van der Waals surface area contributed by atoms with Crippen molar-refractivity contribution in [1.82, 2.24) is 0 Å². The second-order valence-corrected chi connectivity index (χ2v) is 4.28. The molecule has 0 aliphatic rings. The Morgan fingerprint density at radius 1 is 0.882 bits per heavy atom. The fourth-order valence-electron chi connectivity index (χ4n) is 1.68. The molecule has 0 aliphatic heterocycles. The Morgan fingerprint density at radius 3 is 2.12 bits per heavy atom. The van der Waals surface area contributed by atoms with Gasteiger partial charge >= 0.3 is 0 Å². The van der Waals surface area contributed by atoms with Gasteiger partial charge in [0, 0.05) is 32.0 Å². The first-order valence-corrected chi connectivity index (χ1v) is 5.81. The van der Waals surface area contributed by atoms with Crippen molar-refractivity contribution >= 4 is 11.4 Å². The highest BCUT2D eigenvalue weighted by molar-refractivity contribution is 5.54. The molecule has 0 spiro atoms. The minimum absolute atomic E-state index is 0.863. The number of benzene rings is 2. The molecule has 2 nitrogen and oxygen atoms in total. The van der Waals surface area contributed by atoms with Gasteiger partial charge in [0.25, 0.3) is 0 Å². The molecule has 2 heteroatoms. The molecule has 0 bridgehead atoms. The average Bonchev–Trinajstić information content (AvgIpc) is 2.38. The summed E-state index contributed by atoms with van der Waals surface area (Å²) in [5, 5.41) is 3.41. The van der Waals surface area contributed by atoms with Crippen molar-refractivity contribution in [3.63, 3.8) is 0 Å². The molecule has 1 N–H and O–H groups in total. The monoisotopic (exact) mass is 226 g/mol. The molecule has 0 saturated carbocycles. The lowest BCUT2D eigenvalue weighted by Crippen LogP contribution is -2.08. The van der Waals surface area contributed by atoms with Crippen LogP contribution in [-0.2, 0) is 6.54 Å². The molecule has 17 heavy (non-hydrogen) atoms. The number of hydrogen-bond donors (Lipinski definition) is 1. The van der Waals surface area contributed by atoms with Gasteiger partial charge < -0.3 is 10.2 Å². The summed E-state index contributed by atoms with van der Waals surface area (Å²) in [7, 11) is 4.10. The highest BCUT2D eigenvalue weighted by atomic mass is 15.1. The number of anilines is 2. The third-order valence-corrected chi connectivity index (χ3v) is 2.72. The van der Waals surface area contributed by atoms with Gasteiger partial charge in [-0.25, -0.2) is 0 Å². The minimum Gasteiger partial charge on any atom is -0.381 e. The summed E-state index contributed by atoms with van der Waals surface area (Å²) >= 11 is 0. The smallest absolute Gasteiger partial charge is 0.0400 e. The average molecular weight is 226 g/mol. The van der Waals surface area contributed by atoms with E-state index in [0.717, 1.165) is 12.2 Å². The topological polar surface area (TPSA) is 15.3 Å². The Labute approximate surface area is 103 Å². The van der Waals surface area contributed by atoms with Crippen LogP contribution in [0.1, 0.15) is 5.56 Å². The van der Waals surface area contributed by atoms with E-state index in [0.29, 0.717) is 0 Å². The summed E-state index contributed by atoms with van der Waals surface area (Å²) in [5.74, 6) is 0. The maximum absolute atomic E-state index is 3.41. The van der Waals surface area contributed by atoms with Crippen LogP contribution in [0.15, 0.2) is 54.6 Å². The van der Waals surface area contributed by atoms with E-state index in [1.165, 1.54) is 11.3 Å². The maximum Gasteiger partial charge on any atom is 0.0400 e. The molecule has 88 valence electrons. The normalized spacial score (nSPS) is 10.0. The Balaban J connectivity index is 1.96. The van der Waals surface area contributed by atoms with E-state index >= 15 is 0 Å². The Morgan fingerprint density at radius 2 is 1.53 bits per heavy atom. The van der Waals surface area contributed by atoms with E-state index in [1.54, 1.807) is 0 Å². The zero-order chi connectivity index (χ0) is 12.1. The van der Waals surface area contributed by atoms with Gasteiger partial charge in [-0.15, -0.1) is 0 Å². The summed E-state index contributed by atoms with van der Waals surface area (Å²) in [6.07, 6.45) is 0. The molecule has 0 saturated heterocycles. The van der Waals surface area contributed by atoms with E-state index in [9.17, 15) is 0 Å². The van der Waals surface area contributed by atoms with Crippen molar-refractivity contribution in [3.8, 4) is 0 Å². The summed E-state index contributed by atoms with van der Waals surface area (Å²) < 4.78 is 0. The third-order valence-electron chi connectivity index (χ3n) is 2.72. The predicted octanol–water partition coefficient (Wildman–Crippen LogP) is 3.36. The molecule has 0 heterocycles. The SMILES string of the molecule is CN(C)c1ccc(NCc2ccccc2)cc1. The fourth-order valence-corrected chi connectivity index (χ4v) is 1.68. The number of nitrogens with one attached hydrogen (secondary N) is 1. The lowest BCUT2D eigenvalue weighted by Gasteiger charge is -2.13. The predicted molar refractivity (Wildman–Crippen MR) is 74.5 cm³/mol. The molecular formula is C15H18N2. The first-order chi connectivity index (χ1) is 8.25. The lowest BCUT2D eigenvalue weighted by atomic mass is 10.2. The Hall–Kier alpha value is -1.96. The van der Waals surface area contributed by atoms with Gasteiger partial charge in [0.15, 0.2) is 0 Å². The van der Waals surface area contributed by atoms with Crippen LogP contribution in [0.2, 0.25) is 0 Å². The van der Waals surface area contributed by atoms with Crippen LogP contribution >= 0.6 is 0 Å². The summed E-state index contributed by atoms with van der Waals surface area (Å²) in [6.45, 7) is 0.863. The molecule has 0 aromatic heterocycles. The molecule has 0 amide bonds. The second-order valence-electron chi connectivity index (χ2n) is 4.28. The number of rotatable bonds is 4. The van der Waals surface area contributed by atoms with E-state index in [2.05, 4.69) is 58.7 Å². The highest BCUT2D eigenvalue weighted by Gasteiger charge is 1.96. The first kappa shape index (κ1) is 11.5. The number of hydrogen-bond acceptors (Lipinski definition) is 2. The van der Waals surface area contributed by atoms with Crippen molar-refractivity contribution in [2.24, 2.45) is 0 Å². The fraction of sp³-hybridized carbons (Fsp3) is 0.200. The highest BCUT2D eigenvalue weighted by Crippen LogP contribution is 2.16. The van der Waals surface area contributed by atoms with Gasteiger partial charge in [-0.1, -0.05) is 30.3 Å². The molecular weight excluding hydrogens is 208 g/mol. The van der Waals surface area contributed by atoms with E-state index in [4.69, 9.17) is 0 Å². The van der Waals surface area contributed by atoms with Crippen LogP contribution in [0.3, 0.4) is 0 Å².